The van der Waals surface area contributed by atoms with Gasteiger partial charge in [-0.1, -0.05) is 39.0 Å². The average molecular weight is 295 g/mol. The van der Waals surface area contributed by atoms with Gasteiger partial charge in [0.1, 0.15) is 0 Å². The zero-order chi connectivity index (χ0) is 15.5. The van der Waals surface area contributed by atoms with Crippen LogP contribution in [0.1, 0.15) is 86.0 Å². The maximum absolute atomic E-state index is 3.94. The highest BCUT2D eigenvalue weighted by atomic mass is 15.1. The summed E-state index contributed by atoms with van der Waals surface area (Å²) >= 11 is 0. The molecule has 2 heteroatoms. The van der Waals surface area contributed by atoms with E-state index in [0.717, 1.165) is 11.8 Å². The molecule has 1 saturated carbocycles. The molecule has 2 aliphatic rings. The van der Waals surface area contributed by atoms with Gasteiger partial charge in [-0.2, -0.15) is 0 Å². The lowest BCUT2D eigenvalue weighted by molar-refractivity contribution is 0.141. The van der Waals surface area contributed by atoms with Crippen LogP contribution in [0.2, 0.25) is 0 Å². The molecule has 0 aromatic carbocycles. The second-order valence-corrected chi connectivity index (χ2v) is 9.00. The smallest absolute Gasteiger partial charge is 0.0144 e. The van der Waals surface area contributed by atoms with Crippen molar-refractivity contribution in [3.05, 3.63) is 0 Å². The molecule has 1 saturated heterocycles. The third-order valence-electron chi connectivity index (χ3n) is 5.60. The third-order valence-corrected chi connectivity index (χ3v) is 5.60. The number of hydrogen-bond acceptors (Lipinski definition) is 2. The minimum absolute atomic E-state index is 0.261. The van der Waals surface area contributed by atoms with Crippen molar-refractivity contribution < 1.29 is 0 Å². The largest absolute Gasteiger partial charge is 0.314 e. The van der Waals surface area contributed by atoms with Crippen LogP contribution >= 0.6 is 0 Å². The lowest BCUT2D eigenvalue weighted by Gasteiger charge is -2.47. The van der Waals surface area contributed by atoms with Gasteiger partial charge in [-0.3, -0.25) is 0 Å². The number of unbranched alkanes of at least 4 members (excludes halogenated alkanes) is 1. The Morgan fingerprint density at radius 1 is 1.00 bits per heavy atom. The van der Waals surface area contributed by atoms with Gasteiger partial charge >= 0.3 is 0 Å². The van der Waals surface area contributed by atoms with E-state index >= 15 is 0 Å². The Kier molecular flexibility index (Phi) is 5.76. The summed E-state index contributed by atoms with van der Waals surface area (Å²) in [7, 11) is 0. The summed E-state index contributed by atoms with van der Waals surface area (Å²) in [6.07, 6.45) is 11.2. The van der Waals surface area contributed by atoms with Crippen LogP contribution in [0.25, 0.3) is 0 Å². The van der Waals surface area contributed by atoms with Gasteiger partial charge in [0.2, 0.25) is 0 Å². The summed E-state index contributed by atoms with van der Waals surface area (Å²) in [5.41, 5.74) is 0.521. The van der Waals surface area contributed by atoms with Crippen molar-refractivity contribution in [3.63, 3.8) is 0 Å². The van der Waals surface area contributed by atoms with Crippen LogP contribution in [0.5, 0.6) is 0 Å². The molecule has 1 aliphatic heterocycles. The minimum atomic E-state index is 0.261. The highest BCUT2D eigenvalue weighted by Gasteiger charge is 2.38. The highest BCUT2D eigenvalue weighted by molar-refractivity contribution is 4.99. The van der Waals surface area contributed by atoms with Crippen LogP contribution in [0.15, 0.2) is 0 Å². The fourth-order valence-electron chi connectivity index (χ4n) is 5.01. The van der Waals surface area contributed by atoms with Gasteiger partial charge in [-0.25, -0.2) is 0 Å². The maximum atomic E-state index is 3.94. The number of hydrogen-bond donors (Lipinski definition) is 2. The third kappa shape index (κ3) is 5.25. The zero-order valence-corrected chi connectivity index (χ0v) is 15.1. The average Bonchev–Trinajstić information content (AvgIpc) is 2.77. The molecule has 2 fully saturated rings. The predicted molar refractivity (Wildman–Crippen MR) is 92.7 cm³/mol. The van der Waals surface area contributed by atoms with Crippen LogP contribution < -0.4 is 10.6 Å². The van der Waals surface area contributed by atoms with Crippen molar-refractivity contribution in [2.24, 2.45) is 11.8 Å². The maximum Gasteiger partial charge on any atom is 0.0144 e. The molecule has 0 aromatic rings. The van der Waals surface area contributed by atoms with Crippen LogP contribution in [0.4, 0.5) is 0 Å². The fraction of sp³-hybridized carbons (Fsp3) is 1.00. The van der Waals surface area contributed by atoms with E-state index < -0.39 is 0 Å². The monoisotopic (exact) mass is 294 g/mol. The molecule has 2 N–H and O–H groups in total. The molecule has 0 radical (unpaired) electrons. The molecule has 0 amide bonds. The molecule has 0 spiro atoms. The van der Waals surface area contributed by atoms with Gasteiger partial charge in [0.15, 0.2) is 0 Å². The lowest BCUT2D eigenvalue weighted by atomic mass is 9.79. The molecule has 1 heterocycles. The van der Waals surface area contributed by atoms with E-state index in [1.807, 2.05) is 0 Å². The first-order valence-corrected chi connectivity index (χ1v) is 9.34. The Morgan fingerprint density at radius 3 is 2.24 bits per heavy atom. The Hall–Kier alpha value is -0.0800. The van der Waals surface area contributed by atoms with Gasteiger partial charge in [-0.15, -0.1) is 0 Å². The van der Waals surface area contributed by atoms with E-state index in [1.165, 1.54) is 57.9 Å². The van der Waals surface area contributed by atoms with Crippen LogP contribution in [-0.4, -0.2) is 23.7 Å². The molecule has 2 nitrogen and oxygen atoms in total. The summed E-state index contributed by atoms with van der Waals surface area (Å²) in [6, 6.07) is 0.684. The molecular formula is C19H38N2. The molecule has 2 atom stereocenters. The zero-order valence-electron chi connectivity index (χ0n) is 15.1. The van der Waals surface area contributed by atoms with Crippen molar-refractivity contribution in [1.82, 2.24) is 10.6 Å². The SMILES string of the molecule is CCCCC1CCCC1CNC1CC(C)(C)NC(C)(C)C1. The highest BCUT2D eigenvalue weighted by Crippen LogP contribution is 2.35. The molecular weight excluding hydrogens is 256 g/mol. The first-order valence-electron chi connectivity index (χ1n) is 9.34. The Labute approximate surface area is 132 Å². The van der Waals surface area contributed by atoms with Crippen molar-refractivity contribution in [2.75, 3.05) is 6.54 Å². The van der Waals surface area contributed by atoms with Crippen LogP contribution in [0.3, 0.4) is 0 Å². The van der Waals surface area contributed by atoms with E-state index in [9.17, 15) is 0 Å². The van der Waals surface area contributed by atoms with Gasteiger partial charge in [0, 0.05) is 17.1 Å². The minimum Gasteiger partial charge on any atom is -0.314 e. The Balaban J connectivity index is 1.81. The number of piperidine rings is 1. The summed E-state index contributed by atoms with van der Waals surface area (Å²) < 4.78 is 0. The fourth-order valence-corrected chi connectivity index (χ4v) is 5.01. The van der Waals surface area contributed by atoms with E-state index in [4.69, 9.17) is 0 Å². The molecule has 0 bridgehead atoms. The quantitative estimate of drug-likeness (QED) is 0.754. The van der Waals surface area contributed by atoms with Crippen molar-refractivity contribution >= 4 is 0 Å². The summed E-state index contributed by atoms with van der Waals surface area (Å²) in [4.78, 5) is 0. The van der Waals surface area contributed by atoms with Crippen molar-refractivity contribution in [1.29, 1.82) is 0 Å². The van der Waals surface area contributed by atoms with Crippen molar-refractivity contribution in [3.8, 4) is 0 Å². The second-order valence-electron chi connectivity index (χ2n) is 9.00. The van der Waals surface area contributed by atoms with Gasteiger partial charge < -0.3 is 10.6 Å². The van der Waals surface area contributed by atoms with Gasteiger partial charge in [0.25, 0.3) is 0 Å². The van der Waals surface area contributed by atoms with Gasteiger partial charge in [-0.05, 0) is 65.3 Å². The summed E-state index contributed by atoms with van der Waals surface area (Å²) in [6.45, 7) is 13.0. The molecule has 21 heavy (non-hydrogen) atoms. The Morgan fingerprint density at radius 2 is 1.62 bits per heavy atom. The standard InChI is InChI=1S/C19H38N2/c1-6-7-9-15-10-8-11-16(15)14-20-17-12-18(2,3)21-19(4,5)13-17/h15-17,20-21H,6-14H2,1-5H3. The molecule has 0 aromatic heterocycles. The predicted octanol–water partition coefficient (Wildman–Crippen LogP) is 4.49. The summed E-state index contributed by atoms with van der Waals surface area (Å²) in [5, 5.41) is 7.73. The first-order chi connectivity index (χ1) is 9.81. The Bertz CT molecular complexity index is 306. The number of rotatable bonds is 6. The lowest BCUT2D eigenvalue weighted by Crippen LogP contribution is -2.61. The molecule has 124 valence electrons. The molecule has 1 aliphatic carbocycles. The van der Waals surface area contributed by atoms with Crippen molar-refractivity contribution in [2.45, 2.75) is 103 Å². The number of nitrogens with one attached hydrogen (secondary N) is 2. The van der Waals surface area contributed by atoms with E-state index in [-0.39, 0.29) is 11.1 Å². The molecule has 2 rings (SSSR count). The second kappa shape index (κ2) is 7.00. The first kappa shape index (κ1) is 17.3. The topological polar surface area (TPSA) is 24.1 Å². The van der Waals surface area contributed by atoms with E-state index in [2.05, 4.69) is 45.3 Å². The van der Waals surface area contributed by atoms with E-state index in [0.29, 0.717) is 6.04 Å². The van der Waals surface area contributed by atoms with Crippen LogP contribution in [0, 0.1) is 11.8 Å². The van der Waals surface area contributed by atoms with E-state index in [1.54, 1.807) is 0 Å². The van der Waals surface area contributed by atoms with Crippen LogP contribution in [-0.2, 0) is 0 Å². The summed E-state index contributed by atoms with van der Waals surface area (Å²) in [5.74, 6) is 1.94. The molecule has 2 unspecified atom stereocenters. The van der Waals surface area contributed by atoms with Gasteiger partial charge in [0.05, 0.1) is 0 Å². The normalized spacial score (nSPS) is 32.4.